The van der Waals surface area contributed by atoms with Gasteiger partial charge in [-0.1, -0.05) is 42.5 Å². The molecule has 1 aromatic rings. The molecule has 0 saturated carbocycles. The van der Waals surface area contributed by atoms with E-state index in [1.165, 1.54) is 0 Å². The molecule has 15 heavy (non-hydrogen) atoms. The number of aliphatic hydroxyl groups is 1. The van der Waals surface area contributed by atoms with Gasteiger partial charge in [0.1, 0.15) is 0 Å². The predicted octanol–water partition coefficient (Wildman–Crippen LogP) is 2.22. The second-order valence-corrected chi connectivity index (χ2v) is 4.72. The number of rotatable bonds is 4. The van der Waals surface area contributed by atoms with E-state index < -0.39 is 11.6 Å². The lowest BCUT2D eigenvalue weighted by Gasteiger charge is -2.26. The van der Waals surface area contributed by atoms with Gasteiger partial charge in [0, 0.05) is 10.4 Å². The van der Waals surface area contributed by atoms with Crippen LogP contribution in [0.3, 0.4) is 0 Å². The van der Waals surface area contributed by atoms with E-state index in [1.807, 2.05) is 44.2 Å². The standard InChI is InChI=1S/C12H17NOS/c1-9(15)12(2,13)8-11(14)10-6-4-3-5-7-10/h3-7,11,14H,8,13H2,1-2H3/t11-,12?/m1/s1. The Morgan fingerprint density at radius 2 is 2.00 bits per heavy atom. The molecule has 0 fully saturated rings. The summed E-state index contributed by atoms with van der Waals surface area (Å²) in [4.78, 5) is 0.720. The molecule has 1 unspecified atom stereocenters. The number of benzene rings is 1. The molecule has 0 heterocycles. The van der Waals surface area contributed by atoms with E-state index in [0.29, 0.717) is 6.42 Å². The van der Waals surface area contributed by atoms with Crippen LogP contribution in [0, 0.1) is 0 Å². The Morgan fingerprint density at radius 1 is 1.47 bits per heavy atom. The van der Waals surface area contributed by atoms with E-state index in [9.17, 15) is 5.11 Å². The molecule has 0 saturated heterocycles. The van der Waals surface area contributed by atoms with Crippen molar-refractivity contribution in [2.45, 2.75) is 31.9 Å². The number of hydrogen-bond acceptors (Lipinski definition) is 3. The van der Waals surface area contributed by atoms with Gasteiger partial charge < -0.3 is 10.8 Å². The molecular weight excluding hydrogens is 206 g/mol. The molecule has 0 aromatic heterocycles. The lowest BCUT2D eigenvalue weighted by molar-refractivity contribution is 0.152. The first-order valence-corrected chi connectivity index (χ1v) is 5.37. The fourth-order valence-electron chi connectivity index (χ4n) is 1.34. The molecule has 1 rings (SSSR count). The second kappa shape index (κ2) is 4.84. The van der Waals surface area contributed by atoms with Crippen LogP contribution in [0.1, 0.15) is 31.9 Å². The summed E-state index contributed by atoms with van der Waals surface area (Å²) in [5.74, 6) is 0. The Labute approximate surface area is 96.1 Å². The van der Waals surface area contributed by atoms with Gasteiger partial charge in [0.15, 0.2) is 0 Å². The minimum Gasteiger partial charge on any atom is -0.388 e. The molecule has 82 valence electrons. The molecule has 3 heteroatoms. The third-order valence-corrected chi connectivity index (χ3v) is 3.07. The Hall–Kier alpha value is -0.770. The fourth-order valence-corrected chi connectivity index (χ4v) is 1.42. The van der Waals surface area contributed by atoms with E-state index >= 15 is 0 Å². The number of aliphatic hydroxyl groups excluding tert-OH is 1. The van der Waals surface area contributed by atoms with E-state index in [4.69, 9.17) is 18.0 Å². The first kappa shape index (κ1) is 12.3. The maximum Gasteiger partial charge on any atom is 0.0811 e. The number of thiocarbonyl (C=S) groups is 1. The molecule has 0 spiro atoms. The highest BCUT2D eigenvalue weighted by Crippen LogP contribution is 2.23. The van der Waals surface area contributed by atoms with E-state index in [-0.39, 0.29) is 0 Å². The van der Waals surface area contributed by atoms with Gasteiger partial charge in [0.25, 0.3) is 0 Å². The monoisotopic (exact) mass is 223 g/mol. The van der Waals surface area contributed by atoms with Crippen LogP contribution in [0.15, 0.2) is 30.3 Å². The quantitative estimate of drug-likeness (QED) is 0.769. The average Bonchev–Trinajstić information content (AvgIpc) is 2.18. The smallest absolute Gasteiger partial charge is 0.0811 e. The van der Waals surface area contributed by atoms with Gasteiger partial charge in [-0.25, -0.2) is 0 Å². The van der Waals surface area contributed by atoms with Crippen LogP contribution in [0.4, 0.5) is 0 Å². The van der Waals surface area contributed by atoms with Crippen molar-refractivity contribution in [3.63, 3.8) is 0 Å². The van der Waals surface area contributed by atoms with Crippen molar-refractivity contribution in [2.75, 3.05) is 0 Å². The van der Waals surface area contributed by atoms with Crippen molar-refractivity contribution in [3.8, 4) is 0 Å². The van der Waals surface area contributed by atoms with Gasteiger partial charge in [0.05, 0.1) is 6.10 Å². The van der Waals surface area contributed by atoms with Crippen molar-refractivity contribution >= 4 is 17.1 Å². The second-order valence-electron chi connectivity index (χ2n) is 4.10. The summed E-state index contributed by atoms with van der Waals surface area (Å²) in [6.07, 6.45) is -0.106. The van der Waals surface area contributed by atoms with Crippen molar-refractivity contribution in [2.24, 2.45) is 5.73 Å². The highest BCUT2D eigenvalue weighted by atomic mass is 32.1. The summed E-state index contributed by atoms with van der Waals surface area (Å²) in [6, 6.07) is 9.49. The largest absolute Gasteiger partial charge is 0.388 e. The first-order chi connectivity index (χ1) is 6.93. The average molecular weight is 223 g/mol. The summed E-state index contributed by atoms with van der Waals surface area (Å²) >= 11 is 5.06. The Bertz CT molecular complexity index is 335. The minimum atomic E-state index is -0.593. The molecule has 2 atom stereocenters. The topological polar surface area (TPSA) is 46.2 Å². The maximum atomic E-state index is 9.97. The van der Waals surface area contributed by atoms with Crippen LogP contribution in [-0.2, 0) is 0 Å². The molecule has 0 amide bonds. The molecule has 0 bridgehead atoms. The van der Waals surface area contributed by atoms with Crippen molar-refractivity contribution in [1.82, 2.24) is 0 Å². The minimum absolute atomic E-state index is 0.451. The number of nitrogens with two attached hydrogens (primary N) is 1. The zero-order valence-corrected chi connectivity index (χ0v) is 9.92. The zero-order chi connectivity index (χ0) is 11.5. The summed E-state index contributed by atoms with van der Waals surface area (Å²) in [6.45, 7) is 3.66. The molecule has 0 aliphatic rings. The van der Waals surface area contributed by atoms with Gasteiger partial charge >= 0.3 is 0 Å². The maximum absolute atomic E-state index is 9.97. The summed E-state index contributed by atoms with van der Waals surface area (Å²) in [7, 11) is 0. The Morgan fingerprint density at radius 3 is 2.47 bits per heavy atom. The molecule has 3 N–H and O–H groups in total. The molecule has 1 aromatic carbocycles. The lowest BCUT2D eigenvalue weighted by atomic mass is 9.90. The summed E-state index contributed by atoms with van der Waals surface area (Å²) in [5.41, 5.74) is 6.28. The van der Waals surface area contributed by atoms with Crippen molar-refractivity contribution in [3.05, 3.63) is 35.9 Å². The lowest BCUT2D eigenvalue weighted by Crippen LogP contribution is -2.43. The molecule has 0 radical (unpaired) electrons. The van der Waals surface area contributed by atoms with Gasteiger partial charge in [-0.05, 0) is 25.8 Å². The zero-order valence-electron chi connectivity index (χ0n) is 9.10. The molecule has 2 nitrogen and oxygen atoms in total. The highest BCUT2D eigenvalue weighted by Gasteiger charge is 2.25. The SMILES string of the molecule is CC(=S)C(C)(N)C[C@@H](O)c1ccccc1. The highest BCUT2D eigenvalue weighted by molar-refractivity contribution is 7.80. The van der Waals surface area contributed by atoms with Crippen molar-refractivity contribution in [1.29, 1.82) is 0 Å². The first-order valence-electron chi connectivity index (χ1n) is 4.96. The predicted molar refractivity (Wildman–Crippen MR) is 66.9 cm³/mol. The Balaban J connectivity index is 2.72. The van der Waals surface area contributed by atoms with Gasteiger partial charge in [0.2, 0.25) is 0 Å². The van der Waals surface area contributed by atoms with Crippen LogP contribution in [0.25, 0.3) is 0 Å². The van der Waals surface area contributed by atoms with Crippen LogP contribution in [-0.4, -0.2) is 15.5 Å². The third kappa shape index (κ3) is 3.38. The molecule has 0 aliphatic carbocycles. The van der Waals surface area contributed by atoms with Crippen LogP contribution in [0.5, 0.6) is 0 Å². The van der Waals surface area contributed by atoms with Crippen LogP contribution >= 0.6 is 12.2 Å². The third-order valence-electron chi connectivity index (χ3n) is 2.61. The van der Waals surface area contributed by atoms with Gasteiger partial charge in [-0.3, -0.25) is 0 Å². The normalized spacial score (nSPS) is 16.8. The van der Waals surface area contributed by atoms with Crippen LogP contribution in [0.2, 0.25) is 0 Å². The molecular formula is C12H17NOS. The Kier molecular flexibility index (Phi) is 3.97. The van der Waals surface area contributed by atoms with E-state index in [2.05, 4.69) is 0 Å². The number of hydrogen-bond donors (Lipinski definition) is 2. The van der Waals surface area contributed by atoms with Gasteiger partial charge in [-0.2, -0.15) is 0 Å². The van der Waals surface area contributed by atoms with Gasteiger partial charge in [-0.15, -0.1) is 0 Å². The summed E-state index contributed by atoms with van der Waals surface area (Å²) in [5, 5.41) is 9.97. The fraction of sp³-hybridized carbons (Fsp3) is 0.417. The van der Waals surface area contributed by atoms with Crippen molar-refractivity contribution < 1.29 is 5.11 Å². The molecule has 0 aliphatic heterocycles. The van der Waals surface area contributed by atoms with Crippen LogP contribution < -0.4 is 5.73 Å². The van der Waals surface area contributed by atoms with E-state index in [1.54, 1.807) is 0 Å². The van der Waals surface area contributed by atoms with E-state index in [0.717, 1.165) is 10.4 Å². The summed E-state index contributed by atoms with van der Waals surface area (Å²) < 4.78 is 0.